The van der Waals surface area contributed by atoms with E-state index in [1.165, 1.54) is 9.78 Å². The summed E-state index contributed by atoms with van der Waals surface area (Å²) in [4.78, 5) is 30.2. The third-order valence-electron chi connectivity index (χ3n) is 4.50. The number of likely N-dealkylation sites (N-methyl/N-ethyl adjacent to an activating group) is 1. The van der Waals surface area contributed by atoms with Gasteiger partial charge in [-0.25, -0.2) is 9.18 Å². The van der Waals surface area contributed by atoms with Crippen molar-refractivity contribution in [1.29, 1.82) is 0 Å². The zero-order valence-corrected chi connectivity index (χ0v) is 14.6. The summed E-state index contributed by atoms with van der Waals surface area (Å²) >= 11 is 1.68. The van der Waals surface area contributed by atoms with E-state index in [0.29, 0.717) is 32.6 Å². The topological polar surface area (TPSA) is 55.9 Å². The van der Waals surface area contributed by atoms with Crippen molar-refractivity contribution < 1.29 is 14.0 Å². The maximum absolute atomic E-state index is 13.9. The molecule has 0 unspecified atom stereocenters. The molecule has 2 aliphatic heterocycles. The van der Waals surface area contributed by atoms with Crippen LogP contribution in [-0.4, -0.2) is 78.6 Å². The van der Waals surface area contributed by atoms with Crippen molar-refractivity contribution in [2.75, 3.05) is 39.8 Å². The molecule has 0 aliphatic carbocycles. The van der Waals surface area contributed by atoms with Gasteiger partial charge in [-0.3, -0.25) is 19.5 Å². The Kier molecular flexibility index (Phi) is 5.47. The maximum Gasteiger partial charge on any atom is 0.324 e. The molecule has 8 heteroatoms. The van der Waals surface area contributed by atoms with E-state index < -0.39 is 6.17 Å². The molecule has 0 saturated carbocycles. The van der Waals surface area contributed by atoms with Crippen LogP contribution >= 0.6 is 11.3 Å². The van der Waals surface area contributed by atoms with Crippen LogP contribution in [0.4, 0.5) is 9.18 Å². The van der Waals surface area contributed by atoms with E-state index in [4.69, 9.17) is 0 Å². The number of halogens is 1. The van der Waals surface area contributed by atoms with Gasteiger partial charge in [0.25, 0.3) is 0 Å². The van der Waals surface area contributed by atoms with Gasteiger partial charge in [0.05, 0.1) is 6.54 Å². The summed E-state index contributed by atoms with van der Waals surface area (Å²) in [6.45, 7) is 2.92. The summed E-state index contributed by atoms with van der Waals surface area (Å²) in [5.74, 6) is -0.202. The third-order valence-corrected chi connectivity index (χ3v) is 5.36. The lowest BCUT2D eigenvalue weighted by atomic mass is 10.2. The second kappa shape index (κ2) is 7.58. The smallest absolute Gasteiger partial charge is 0.324 e. The standard InChI is InChI=1S/C16H23FN4O2S/c1-19(11-15(22)21-5-4-18-16(21)23)9-13-7-12(17)8-20(13)10-14-3-2-6-24-14/h2-3,6,12-13H,4-5,7-11H2,1H3,(H,18,23)/t12-,13-/m0/s1. The summed E-state index contributed by atoms with van der Waals surface area (Å²) < 4.78 is 13.9. The molecule has 3 amide bonds. The molecule has 1 aromatic heterocycles. The Morgan fingerprint density at radius 1 is 1.54 bits per heavy atom. The van der Waals surface area contributed by atoms with Gasteiger partial charge in [0.1, 0.15) is 6.17 Å². The minimum Gasteiger partial charge on any atom is -0.336 e. The number of hydrogen-bond donors (Lipinski definition) is 1. The number of hydrogen-bond acceptors (Lipinski definition) is 5. The predicted octanol–water partition coefficient (Wildman–Crippen LogP) is 1.14. The molecule has 0 spiro atoms. The molecule has 1 N–H and O–H groups in total. The van der Waals surface area contributed by atoms with E-state index in [1.54, 1.807) is 11.3 Å². The van der Waals surface area contributed by atoms with Gasteiger partial charge in [0, 0.05) is 43.6 Å². The normalized spacial score (nSPS) is 24.8. The van der Waals surface area contributed by atoms with Crippen LogP contribution in [0.1, 0.15) is 11.3 Å². The van der Waals surface area contributed by atoms with Gasteiger partial charge in [-0.15, -0.1) is 11.3 Å². The summed E-state index contributed by atoms with van der Waals surface area (Å²) in [6, 6.07) is 3.83. The number of alkyl halides is 1. The number of rotatable bonds is 6. The second-order valence-corrected chi connectivity index (χ2v) is 7.50. The largest absolute Gasteiger partial charge is 0.336 e. The first kappa shape index (κ1) is 17.3. The van der Waals surface area contributed by atoms with Crippen LogP contribution < -0.4 is 5.32 Å². The van der Waals surface area contributed by atoms with Crippen molar-refractivity contribution in [1.82, 2.24) is 20.0 Å². The fourth-order valence-corrected chi connectivity index (χ4v) is 4.09. The van der Waals surface area contributed by atoms with Crippen molar-refractivity contribution in [3.8, 4) is 0 Å². The van der Waals surface area contributed by atoms with Crippen molar-refractivity contribution in [2.24, 2.45) is 0 Å². The summed E-state index contributed by atoms with van der Waals surface area (Å²) in [7, 11) is 1.85. The number of carbonyl (C=O) groups is 2. The Morgan fingerprint density at radius 3 is 3.04 bits per heavy atom. The number of thiophene rings is 1. The van der Waals surface area contributed by atoms with Crippen LogP contribution in [0.25, 0.3) is 0 Å². The number of nitrogens with zero attached hydrogens (tertiary/aromatic N) is 3. The molecule has 3 rings (SSSR count). The van der Waals surface area contributed by atoms with E-state index in [-0.39, 0.29) is 24.5 Å². The fourth-order valence-electron chi connectivity index (χ4n) is 3.36. The average Bonchev–Trinajstić information content (AvgIpc) is 3.22. The lowest BCUT2D eigenvalue weighted by Gasteiger charge is -2.28. The highest BCUT2D eigenvalue weighted by Gasteiger charge is 2.34. The Labute approximate surface area is 145 Å². The number of urea groups is 1. The van der Waals surface area contributed by atoms with E-state index in [1.807, 2.05) is 23.4 Å². The van der Waals surface area contributed by atoms with Crippen LogP contribution in [-0.2, 0) is 11.3 Å². The molecule has 3 heterocycles. The Bertz CT molecular complexity index is 583. The fraction of sp³-hybridized carbons (Fsp3) is 0.625. The van der Waals surface area contributed by atoms with Crippen LogP contribution in [0, 0.1) is 0 Å². The number of carbonyl (C=O) groups excluding carboxylic acids is 2. The second-order valence-electron chi connectivity index (χ2n) is 6.47. The van der Waals surface area contributed by atoms with Crippen LogP contribution in [0.5, 0.6) is 0 Å². The molecule has 2 atom stereocenters. The highest BCUT2D eigenvalue weighted by Crippen LogP contribution is 2.24. The number of imide groups is 1. The first-order valence-corrected chi connectivity index (χ1v) is 9.08. The minimum atomic E-state index is -0.816. The van der Waals surface area contributed by atoms with Crippen LogP contribution in [0.2, 0.25) is 0 Å². The van der Waals surface area contributed by atoms with Crippen molar-refractivity contribution in [3.63, 3.8) is 0 Å². The molecule has 0 aromatic carbocycles. The van der Waals surface area contributed by atoms with Crippen LogP contribution in [0.15, 0.2) is 17.5 Å². The Balaban J connectivity index is 1.53. The molecule has 2 aliphatic rings. The van der Waals surface area contributed by atoms with Crippen molar-refractivity contribution >= 4 is 23.3 Å². The van der Waals surface area contributed by atoms with Gasteiger partial charge in [-0.05, 0) is 24.9 Å². The maximum atomic E-state index is 13.9. The highest BCUT2D eigenvalue weighted by atomic mass is 32.1. The first-order chi connectivity index (χ1) is 11.5. The van der Waals surface area contributed by atoms with Crippen LogP contribution in [0.3, 0.4) is 0 Å². The minimum absolute atomic E-state index is 0.0901. The van der Waals surface area contributed by atoms with E-state index in [2.05, 4.69) is 16.3 Å². The molecule has 24 heavy (non-hydrogen) atoms. The van der Waals surface area contributed by atoms with Gasteiger partial charge >= 0.3 is 6.03 Å². The molecule has 132 valence electrons. The third kappa shape index (κ3) is 4.12. The number of nitrogens with one attached hydrogen (secondary N) is 1. The molecule has 0 bridgehead atoms. The van der Waals surface area contributed by atoms with E-state index in [9.17, 15) is 14.0 Å². The quantitative estimate of drug-likeness (QED) is 0.833. The van der Waals surface area contributed by atoms with Gasteiger partial charge in [-0.1, -0.05) is 6.07 Å². The van der Waals surface area contributed by atoms with Gasteiger partial charge in [-0.2, -0.15) is 0 Å². The SMILES string of the molecule is CN(CC(=O)N1CCNC1=O)C[C@@H]1C[C@H](F)CN1Cc1cccs1. The molecule has 2 fully saturated rings. The lowest BCUT2D eigenvalue weighted by molar-refractivity contribution is -0.128. The van der Waals surface area contributed by atoms with E-state index >= 15 is 0 Å². The summed E-state index contributed by atoms with van der Waals surface area (Å²) in [5, 5.41) is 4.65. The number of likely N-dealkylation sites (tertiary alicyclic amines) is 1. The average molecular weight is 354 g/mol. The summed E-state index contributed by atoms with van der Waals surface area (Å²) in [6.07, 6.45) is -0.322. The predicted molar refractivity (Wildman–Crippen MR) is 90.6 cm³/mol. The lowest BCUT2D eigenvalue weighted by Crippen LogP contribution is -2.44. The number of amides is 3. The van der Waals surface area contributed by atoms with E-state index in [0.717, 1.165) is 6.54 Å². The molecule has 1 aromatic rings. The summed E-state index contributed by atoms with van der Waals surface area (Å²) in [5.41, 5.74) is 0. The highest BCUT2D eigenvalue weighted by molar-refractivity contribution is 7.09. The monoisotopic (exact) mass is 354 g/mol. The van der Waals surface area contributed by atoms with Gasteiger partial charge < -0.3 is 5.32 Å². The zero-order valence-electron chi connectivity index (χ0n) is 13.8. The van der Waals surface area contributed by atoms with Gasteiger partial charge in [0.2, 0.25) is 5.91 Å². The van der Waals surface area contributed by atoms with Gasteiger partial charge in [0.15, 0.2) is 0 Å². The molecular weight excluding hydrogens is 331 g/mol. The van der Waals surface area contributed by atoms with Crippen molar-refractivity contribution in [3.05, 3.63) is 22.4 Å². The Hall–Kier alpha value is -1.51. The Morgan fingerprint density at radius 2 is 2.38 bits per heavy atom. The first-order valence-electron chi connectivity index (χ1n) is 8.20. The molecular formula is C16H23FN4O2S. The molecule has 6 nitrogen and oxygen atoms in total. The van der Waals surface area contributed by atoms with Crippen molar-refractivity contribution in [2.45, 2.75) is 25.2 Å². The molecule has 2 saturated heterocycles. The molecule has 0 radical (unpaired) electrons. The zero-order chi connectivity index (χ0) is 17.1.